The number of nitrogens with zero attached hydrogens (tertiary/aromatic N) is 1. The average Bonchev–Trinajstić information content (AvgIpc) is 2.16. The second kappa shape index (κ2) is 4.15. The predicted molar refractivity (Wildman–Crippen MR) is 49.6 cm³/mol. The number of hydrogen-bond acceptors (Lipinski definition) is 5. The third-order valence-corrected chi connectivity index (χ3v) is 1.83. The van der Waals surface area contributed by atoms with Crippen molar-refractivity contribution in [2.24, 2.45) is 0 Å². The highest BCUT2D eigenvalue weighted by Gasteiger charge is 2.19. The normalized spacial score (nSPS) is 12.3. The molecule has 0 fully saturated rings. The van der Waals surface area contributed by atoms with Gasteiger partial charge in [0.2, 0.25) is 0 Å². The molecule has 5 heteroatoms. The quantitative estimate of drug-likeness (QED) is 0.755. The molecule has 78 valence electrons. The maximum Gasteiger partial charge on any atom is 0.257 e. The average molecular weight is 199 g/mol. The molecule has 0 radical (unpaired) electrons. The molecule has 1 aromatic rings. The van der Waals surface area contributed by atoms with Gasteiger partial charge in [-0.1, -0.05) is 0 Å². The van der Waals surface area contributed by atoms with Gasteiger partial charge in [-0.2, -0.15) is 0 Å². The molecule has 1 heterocycles. The van der Waals surface area contributed by atoms with E-state index in [-0.39, 0.29) is 22.9 Å². The summed E-state index contributed by atoms with van der Waals surface area (Å²) >= 11 is 0. The van der Waals surface area contributed by atoms with Crippen LogP contribution in [0.3, 0.4) is 0 Å². The minimum atomic E-state index is -0.846. The van der Waals surface area contributed by atoms with Crippen LogP contribution in [0.1, 0.15) is 18.6 Å². The lowest BCUT2D eigenvalue weighted by Crippen LogP contribution is -2.01. The molecule has 0 spiro atoms. The molecule has 1 atom stereocenters. The number of aliphatic hydroxyl groups excluding tert-OH is 1. The minimum Gasteiger partial charge on any atom is -0.506 e. The zero-order valence-corrected chi connectivity index (χ0v) is 8.31. The second-order valence-corrected chi connectivity index (χ2v) is 2.78. The lowest BCUT2D eigenvalue weighted by atomic mass is 10.1. The lowest BCUT2D eigenvalue weighted by molar-refractivity contribution is 0.187. The molecule has 1 aromatic heterocycles. The topological polar surface area (TPSA) is 71.8 Å². The molecule has 0 amide bonds. The van der Waals surface area contributed by atoms with Gasteiger partial charge in [0, 0.05) is 0 Å². The van der Waals surface area contributed by atoms with Gasteiger partial charge < -0.3 is 19.7 Å². The third-order valence-electron chi connectivity index (χ3n) is 1.83. The van der Waals surface area contributed by atoms with E-state index in [0.29, 0.717) is 0 Å². The summed E-state index contributed by atoms with van der Waals surface area (Å²) in [6, 6.07) is 0. The summed E-state index contributed by atoms with van der Waals surface area (Å²) < 4.78 is 9.93. The molecule has 0 aromatic carbocycles. The monoisotopic (exact) mass is 199 g/mol. The van der Waals surface area contributed by atoms with Crippen LogP contribution in [-0.2, 0) is 0 Å². The van der Waals surface area contributed by atoms with E-state index in [2.05, 4.69) is 4.98 Å². The molecule has 0 aliphatic rings. The van der Waals surface area contributed by atoms with E-state index in [0.717, 1.165) is 0 Å². The number of ether oxygens (including phenoxy) is 2. The Morgan fingerprint density at radius 1 is 1.36 bits per heavy atom. The van der Waals surface area contributed by atoms with E-state index < -0.39 is 6.10 Å². The number of hydrogen-bond donors (Lipinski definition) is 2. The Bertz CT molecular complexity index is 325. The van der Waals surface area contributed by atoms with Crippen molar-refractivity contribution in [1.82, 2.24) is 4.98 Å². The number of rotatable bonds is 3. The van der Waals surface area contributed by atoms with Crippen LogP contribution in [0.2, 0.25) is 0 Å². The highest BCUT2D eigenvalue weighted by Crippen LogP contribution is 2.38. The van der Waals surface area contributed by atoms with Gasteiger partial charge in [-0.05, 0) is 6.92 Å². The van der Waals surface area contributed by atoms with Gasteiger partial charge in [0.05, 0.1) is 32.1 Å². The minimum absolute atomic E-state index is 0.113. The summed E-state index contributed by atoms with van der Waals surface area (Å²) in [5.41, 5.74) is 0.277. The van der Waals surface area contributed by atoms with Crippen LogP contribution < -0.4 is 9.47 Å². The number of aromatic nitrogens is 1. The van der Waals surface area contributed by atoms with Crippen molar-refractivity contribution in [1.29, 1.82) is 0 Å². The van der Waals surface area contributed by atoms with Gasteiger partial charge in [0.1, 0.15) is 5.75 Å². The molecule has 0 bridgehead atoms. The van der Waals surface area contributed by atoms with Crippen molar-refractivity contribution in [3.8, 4) is 17.4 Å². The number of aliphatic hydroxyl groups is 1. The van der Waals surface area contributed by atoms with Crippen molar-refractivity contribution in [2.75, 3.05) is 14.2 Å². The number of methoxy groups -OCH3 is 2. The first-order valence-corrected chi connectivity index (χ1v) is 4.09. The molecular weight excluding hydrogens is 186 g/mol. The van der Waals surface area contributed by atoms with Crippen LogP contribution in [0.25, 0.3) is 0 Å². The fraction of sp³-hybridized carbons (Fsp3) is 0.444. The fourth-order valence-corrected chi connectivity index (χ4v) is 1.23. The first-order chi connectivity index (χ1) is 6.61. The van der Waals surface area contributed by atoms with Crippen LogP contribution in [0, 0.1) is 0 Å². The third kappa shape index (κ3) is 1.72. The summed E-state index contributed by atoms with van der Waals surface area (Å²) in [6.45, 7) is 1.52. The van der Waals surface area contributed by atoms with Crippen molar-refractivity contribution >= 4 is 0 Å². The Balaban J connectivity index is 3.35. The molecular formula is C9H13NO4. The molecule has 0 saturated carbocycles. The van der Waals surface area contributed by atoms with Gasteiger partial charge in [0.15, 0.2) is 5.75 Å². The Labute approximate surface area is 81.9 Å². The van der Waals surface area contributed by atoms with E-state index in [9.17, 15) is 10.2 Å². The lowest BCUT2D eigenvalue weighted by Gasteiger charge is -2.14. The van der Waals surface area contributed by atoms with Crippen molar-refractivity contribution in [3.05, 3.63) is 11.8 Å². The summed E-state index contributed by atoms with van der Waals surface area (Å²) in [7, 11) is 2.86. The molecule has 1 rings (SSSR count). The van der Waals surface area contributed by atoms with Crippen LogP contribution in [0.4, 0.5) is 0 Å². The Morgan fingerprint density at radius 3 is 2.43 bits per heavy atom. The molecule has 0 saturated heterocycles. The van der Waals surface area contributed by atoms with Crippen LogP contribution in [0.5, 0.6) is 17.4 Å². The van der Waals surface area contributed by atoms with Gasteiger partial charge in [0.25, 0.3) is 5.88 Å². The van der Waals surface area contributed by atoms with E-state index in [1.807, 2.05) is 0 Å². The molecule has 0 aliphatic heterocycles. The van der Waals surface area contributed by atoms with Gasteiger partial charge in [-0.25, -0.2) is 4.98 Å². The molecule has 0 aliphatic carbocycles. The Hall–Kier alpha value is -1.49. The largest absolute Gasteiger partial charge is 0.506 e. The van der Waals surface area contributed by atoms with Crippen molar-refractivity contribution in [2.45, 2.75) is 13.0 Å². The van der Waals surface area contributed by atoms with Gasteiger partial charge in [-0.3, -0.25) is 0 Å². The van der Waals surface area contributed by atoms with E-state index in [4.69, 9.17) is 9.47 Å². The van der Waals surface area contributed by atoms with Gasteiger partial charge >= 0.3 is 0 Å². The summed E-state index contributed by atoms with van der Waals surface area (Å²) in [5, 5.41) is 18.9. The van der Waals surface area contributed by atoms with Crippen molar-refractivity contribution < 1.29 is 19.7 Å². The summed E-state index contributed by atoms with van der Waals surface area (Å²) in [4.78, 5) is 3.80. The van der Waals surface area contributed by atoms with Crippen LogP contribution in [0.15, 0.2) is 6.20 Å². The van der Waals surface area contributed by atoms with Crippen molar-refractivity contribution in [3.63, 3.8) is 0 Å². The number of aromatic hydroxyl groups is 1. The Kier molecular flexibility index (Phi) is 3.14. The summed E-state index contributed by atoms with van der Waals surface area (Å²) in [6.07, 6.45) is 0.366. The van der Waals surface area contributed by atoms with E-state index >= 15 is 0 Å². The van der Waals surface area contributed by atoms with E-state index in [1.54, 1.807) is 0 Å². The highest BCUT2D eigenvalue weighted by atomic mass is 16.5. The SMILES string of the molecule is COc1ncc(O)c(C(C)O)c1OC. The molecule has 2 N–H and O–H groups in total. The first kappa shape index (κ1) is 10.6. The van der Waals surface area contributed by atoms with Gasteiger partial charge in [-0.15, -0.1) is 0 Å². The fourth-order valence-electron chi connectivity index (χ4n) is 1.23. The maximum absolute atomic E-state index is 9.45. The zero-order valence-electron chi connectivity index (χ0n) is 8.31. The first-order valence-electron chi connectivity index (χ1n) is 4.09. The molecule has 5 nitrogen and oxygen atoms in total. The maximum atomic E-state index is 9.45. The molecule has 1 unspecified atom stereocenters. The smallest absolute Gasteiger partial charge is 0.257 e. The van der Waals surface area contributed by atoms with E-state index in [1.165, 1.54) is 27.3 Å². The standard InChI is InChI=1S/C9H13NO4/c1-5(11)7-6(12)4-10-9(14-3)8(7)13-2/h4-5,11-12H,1-3H3. The second-order valence-electron chi connectivity index (χ2n) is 2.78. The molecule has 14 heavy (non-hydrogen) atoms. The summed E-state index contributed by atoms with van der Waals surface area (Å²) in [5.74, 6) is 0.376. The van der Waals surface area contributed by atoms with Crippen LogP contribution >= 0.6 is 0 Å². The predicted octanol–water partition coefficient (Wildman–Crippen LogP) is 0.858. The number of pyridine rings is 1. The van der Waals surface area contributed by atoms with Crippen LogP contribution in [-0.4, -0.2) is 29.4 Å². The highest BCUT2D eigenvalue weighted by molar-refractivity contribution is 5.49. The Morgan fingerprint density at radius 2 is 2.00 bits per heavy atom. The zero-order chi connectivity index (χ0) is 10.7.